The van der Waals surface area contributed by atoms with Gasteiger partial charge in [0, 0.05) is 39.1 Å². The zero-order valence-electron chi connectivity index (χ0n) is 15.4. The first-order valence-corrected chi connectivity index (χ1v) is 10.7. The largest absolute Gasteiger partial charge is 0.340 e. The van der Waals surface area contributed by atoms with Crippen molar-refractivity contribution in [2.45, 2.75) is 26.7 Å². The van der Waals surface area contributed by atoms with E-state index in [1.807, 2.05) is 36.1 Å². The second kappa shape index (κ2) is 8.67. The van der Waals surface area contributed by atoms with Crippen LogP contribution < -0.4 is 4.31 Å². The van der Waals surface area contributed by atoms with Gasteiger partial charge in [0.05, 0.1) is 11.9 Å². The third-order valence-corrected chi connectivity index (χ3v) is 5.84. The Bertz CT molecular complexity index is 665. The summed E-state index contributed by atoms with van der Waals surface area (Å²) >= 11 is 0. The molecule has 25 heavy (non-hydrogen) atoms. The van der Waals surface area contributed by atoms with E-state index < -0.39 is 10.0 Å². The van der Waals surface area contributed by atoms with Crippen LogP contribution in [0.15, 0.2) is 24.3 Å². The summed E-state index contributed by atoms with van der Waals surface area (Å²) in [5.41, 5.74) is 1.73. The van der Waals surface area contributed by atoms with E-state index >= 15 is 0 Å². The van der Waals surface area contributed by atoms with Gasteiger partial charge >= 0.3 is 0 Å². The summed E-state index contributed by atoms with van der Waals surface area (Å²) in [6, 6.07) is 7.40. The topological polar surface area (TPSA) is 60.9 Å². The van der Waals surface area contributed by atoms with Crippen LogP contribution in [0.25, 0.3) is 0 Å². The number of anilines is 1. The Labute approximate surface area is 151 Å². The second-order valence-electron chi connectivity index (χ2n) is 6.59. The van der Waals surface area contributed by atoms with E-state index in [0.29, 0.717) is 25.1 Å². The fraction of sp³-hybridized carbons (Fsp3) is 0.611. The number of benzene rings is 1. The Morgan fingerprint density at radius 2 is 1.72 bits per heavy atom. The Kier molecular flexibility index (Phi) is 6.84. The van der Waals surface area contributed by atoms with E-state index in [2.05, 4.69) is 11.8 Å². The minimum absolute atomic E-state index is 0.119. The molecule has 0 aliphatic carbocycles. The SMILES string of the molecule is CCN1CCN(C(=O)CCCN(c2ccc(C)cc2)S(C)(=O)=O)CC1. The number of aryl methyl sites for hydroxylation is 1. The number of carbonyl (C=O) groups is 1. The van der Waals surface area contributed by atoms with E-state index in [1.54, 1.807) is 0 Å². The summed E-state index contributed by atoms with van der Waals surface area (Å²) in [5.74, 6) is 0.119. The molecular formula is C18H29N3O3S. The lowest BCUT2D eigenvalue weighted by Crippen LogP contribution is -2.48. The summed E-state index contributed by atoms with van der Waals surface area (Å²) in [4.78, 5) is 16.6. The van der Waals surface area contributed by atoms with Gasteiger partial charge in [-0.15, -0.1) is 0 Å². The first-order valence-electron chi connectivity index (χ1n) is 8.85. The van der Waals surface area contributed by atoms with Gasteiger partial charge in [0.15, 0.2) is 0 Å². The van der Waals surface area contributed by atoms with Crippen LogP contribution in [0.2, 0.25) is 0 Å². The minimum Gasteiger partial charge on any atom is -0.340 e. The quantitative estimate of drug-likeness (QED) is 0.736. The van der Waals surface area contributed by atoms with Crippen LogP contribution in [-0.2, 0) is 14.8 Å². The second-order valence-corrected chi connectivity index (χ2v) is 8.50. The molecule has 1 saturated heterocycles. The number of likely N-dealkylation sites (N-methyl/N-ethyl adjacent to an activating group) is 1. The molecule has 0 saturated carbocycles. The van der Waals surface area contributed by atoms with Crippen molar-refractivity contribution >= 4 is 21.6 Å². The highest BCUT2D eigenvalue weighted by molar-refractivity contribution is 7.92. The number of rotatable bonds is 7. The number of nitrogens with zero attached hydrogens (tertiary/aromatic N) is 3. The summed E-state index contributed by atoms with van der Waals surface area (Å²) in [6.45, 7) is 8.79. The molecule has 0 atom stereocenters. The standard InChI is InChI=1S/C18H29N3O3S/c1-4-19-12-14-20(15-13-19)18(22)6-5-11-21(25(3,23)24)17-9-7-16(2)8-10-17/h7-10H,4-6,11-15H2,1-3H3. The number of amides is 1. The fourth-order valence-electron chi connectivity index (χ4n) is 3.04. The van der Waals surface area contributed by atoms with Crippen LogP contribution in [0.5, 0.6) is 0 Å². The molecule has 0 radical (unpaired) electrons. The van der Waals surface area contributed by atoms with Crippen LogP contribution in [0.4, 0.5) is 5.69 Å². The summed E-state index contributed by atoms with van der Waals surface area (Å²) in [5, 5.41) is 0. The van der Waals surface area contributed by atoms with Crippen LogP contribution in [-0.4, -0.2) is 69.6 Å². The molecule has 1 heterocycles. The molecule has 0 bridgehead atoms. The predicted octanol–water partition coefficient (Wildman–Crippen LogP) is 1.71. The minimum atomic E-state index is -3.36. The number of piperazine rings is 1. The predicted molar refractivity (Wildman–Crippen MR) is 101 cm³/mol. The van der Waals surface area contributed by atoms with E-state index in [-0.39, 0.29) is 5.91 Å². The molecule has 140 valence electrons. The molecule has 1 aromatic carbocycles. The lowest BCUT2D eigenvalue weighted by molar-refractivity contribution is -0.132. The number of sulfonamides is 1. The van der Waals surface area contributed by atoms with Gasteiger partial charge in [0.2, 0.25) is 15.9 Å². The molecular weight excluding hydrogens is 338 g/mol. The summed E-state index contributed by atoms with van der Waals surface area (Å²) in [7, 11) is -3.36. The molecule has 0 aromatic heterocycles. The maximum absolute atomic E-state index is 12.3. The smallest absolute Gasteiger partial charge is 0.232 e. The van der Waals surface area contributed by atoms with Crippen molar-refractivity contribution in [3.05, 3.63) is 29.8 Å². The van der Waals surface area contributed by atoms with Crippen molar-refractivity contribution in [1.82, 2.24) is 9.80 Å². The highest BCUT2D eigenvalue weighted by Crippen LogP contribution is 2.19. The van der Waals surface area contributed by atoms with E-state index in [0.717, 1.165) is 38.3 Å². The average molecular weight is 368 g/mol. The normalized spacial score (nSPS) is 16.0. The van der Waals surface area contributed by atoms with Gasteiger partial charge in [-0.25, -0.2) is 8.42 Å². The first-order chi connectivity index (χ1) is 11.8. The van der Waals surface area contributed by atoms with Crippen LogP contribution >= 0.6 is 0 Å². The third kappa shape index (κ3) is 5.71. The summed E-state index contributed by atoms with van der Waals surface area (Å²) in [6.07, 6.45) is 2.11. The zero-order valence-corrected chi connectivity index (χ0v) is 16.3. The maximum Gasteiger partial charge on any atom is 0.232 e. The molecule has 0 N–H and O–H groups in total. The lowest BCUT2D eigenvalue weighted by Gasteiger charge is -2.34. The van der Waals surface area contributed by atoms with Gasteiger partial charge in [0.1, 0.15) is 0 Å². The Balaban J connectivity index is 1.89. The maximum atomic E-state index is 12.3. The van der Waals surface area contributed by atoms with Crippen molar-refractivity contribution in [2.24, 2.45) is 0 Å². The van der Waals surface area contributed by atoms with Crippen LogP contribution in [0.1, 0.15) is 25.3 Å². The number of carbonyl (C=O) groups excluding carboxylic acids is 1. The van der Waals surface area contributed by atoms with Gasteiger partial charge in [-0.1, -0.05) is 24.6 Å². The first kappa shape index (κ1) is 19.7. The fourth-order valence-corrected chi connectivity index (χ4v) is 4.01. The summed E-state index contributed by atoms with van der Waals surface area (Å²) < 4.78 is 25.6. The van der Waals surface area contributed by atoms with E-state index in [1.165, 1.54) is 10.6 Å². The van der Waals surface area contributed by atoms with Crippen molar-refractivity contribution in [3.63, 3.8) is 0 Å². The molecule has 1 amide bonds. The molecule has 1 aliphatic heterocycles. The van der Waals surface area contributed by atoms with E-state index in [9.17, 15) is 13.2 Å². The van der Waals surface area contributed by atoms with Gasteiger partial charge in [-0.05, 0) is 32.0 Å². The van der Waals surface area contributed by atoms with Crippen molar-refractivity contribution in [2.75, 3.05) is 49.8 Å². The molecule has 1 aliphatic rings. The van der Waals surface area contributed by atoms with Crippen molar-refractivity contribution in [1.29, 1.82) is 0 Å². The van der Waals surface area contributed by atoms with E-state index in [4.69, 9.17) is 0 Å². The number of hydrogen-bond donors (Lipinski definition) is 0. The zero-order chi connectivity index (χ0) is 18.4. The monoisotopic (exact) mass is 367 g/mol. The lowest BCUT2D eigenvalue weighted by atomic mass is 10.2. The molecule has 2 rings (SSSR count). The Hall–Kier alpha value is -1.60. The van der Waals surface area contributed by atoms with Crippen molar-refractivity contribution < 1.29 is 13.2 Å². The highest BCUT2D eigenvalue weighted by atomic mass is 32.2. The molecule has 7 heteroatoms. The van der Waals surface area contributed by atoms with Crippen LogP contribution in [0, 0.1) is 6.92 Å². The van der Waals surface area contributed by atoms with Crippen molar-refractivity contribution in [3.8, 4) is 0 Å². The van der Waals surface area contributed by atoms with Gasteiger partial charge in [-0.3, -0.25) is 9.10 Å². The number of hydrogen-bond acceptors (Lipinski definition) is 4. The highest BCUT2D eigenvalue weighted by Gasteiger charge is 2.21. The molecule has 1 aromatic rings. The Morgan fingerprint density at radius 1 is 1.12 bits per heavy atom. The molecule has 6 nitrogen and oxygen atoms in total. The van der Waals surface area contributed by atoms with Gasteiger partial charge in [0.25, 0.3) is 0 Å². The molecule has 1 fully saturated rings. The van der Waals surface area contributed by atoms with Crippen LogP contribution in [0.3, 0.4) is 0 Å². The average Bonchev–Trinajstić information content (AvgIpc) is 2.58. The van der Waals surface area contributed by atoms with Gasteiger partial charge in [-0.2, -0.15) is 0 Å². The Morgan fingerprint density at radius 3 is 2.24 bits per heavy atom. The molecule has 0 unspecified atom stereocenters. The third-order valence-electron chi connectivity index (χ3n) is 4.65. The van der Waals surface area contributed by atoms with Gasteiger partial charge < -0.3 is 9.80 Å². The molecule has 0 spiro atoms.